The average molecular weight is 194 g/mol. The van der Waals surface area contributed by atoms with Crippen molar-refractivity contribution in [3.63, 3.8) is 0 Å². The molecule has 3 aliphatic rings. The SMILES string of the molecule is CN1C[C@@H]2C[C@@H](C1)[C@@H]1CCCCN1C2. The number of rotatable bonds is 0. The molecule has 14 heavy (non-hydrogen) atoms. The summed E-state index contributed by atoms with van der Waals surface area (Å²) in [6, 6.07) is 0.947. The molecule has 0 aromatic heterocycles. The second-order valence-corrected chi connectivity index (χ2v) is 5.64. The first-order valence-electron chi connectivity index (χ1n) is 6.25. The van der Waals surface area contributed by atoms with Crippen LogP contribution in [0, 0.1) is 11.8 Å². The molecule has 3 saturated heterocycles. The molecular formula is C12H22N2. The van der Waals surface area contributed by atoms with Gasteiger partial charge >= 0.3 is 0 Å². The summed E-state index contributed by atoms with van der Waals surface area (Å²) in [6.45, 7) is 5.49. The van der Waals surface area contributed by atoms with Gasteiger partial charge in [-0.2, -0.15) is 0 Å². The normalized spacial score (nSPS) is 44.8. The summed E-state index contributed by atoms with van der Waals surface area (Å²) in [6.07, 6.45) is 5.93. The Morgan fingerprint density at radius 2 is 2.00 bits per heavy atom. The van der Waals surface area contributed by atoms with Gasteiger partial charge in [-0.05, 0) is 44.7 Å². The van der Waals surface area contributed by atoms with Crippen LogP contribution in [0.25, 0.3) is 0 Å². The van der Waals surface area contributed by atoms with Crippen molar-refractivity contribution in [2.24, 2.45) is 11.8 Å². The van der Waals surface area contributed by atoms with Crippen LogP contribution < -0.4 is 0 Å². The molecule has 3 heterocycles. The van der Waals surface area contributed by atoms with Crippen molar-refractivity contribution in [2.45, 2.75) is 31.7 Å². The summed E-state index contributed by atoms with van der Waals surface area (Å²) < 4.78 is 0. The van der Waals surface area contributed by atoms with E-state index in [0.29, 0.717) is 0 Å². The molecule has 0 radical (unpaired) electrons. The molecule has 2 bridgehead atoms. The lowest BCUT2D eigenvalue weighted by atomic mass is 9.76. The van der Waals surface area contributed by atoms with E-state index in [1.54, 1.807) is 0 Å². The van der Waals surface area contributed by atoms with Gasteiger partial charge in [-0.25, -0.2) is 0 Å². The maximum absolute atomic E-state index is 2.80. The van der Waals surface area contributed by atoms with Gasteiger partial charge in [-0.3, -0.25) is 4.90 Å². The van der Waals surface area contributed by atoms with E-state index in [-0.39, 0.29) is 0 Å². The Kier molecular flexibility index (Phi) is 2.29. The highest BCUT2D eigenvalue weighted by Gasteiger charge is 2.40. The molecule has 0 aromatic rings. The van der Waals surface area contributed by atoms with Crippen molar-refractivity contribution in [3.05, 3.63) is 0 Å². The van der Waals surface area contributed by atoms with E-state index in [1.165, 1.54) is 51.9 Å². The molecule has 0 unspecified atom stereocenters. The zero-order chi connectivity index (χ0) is 9.54. The molecule has 2 nitrogen and oxygen atoms in total. The van der Waals surface area contributed by atoms with Crippen molar-refractivity contribution in [1.29, 1.82) is 0 Å². The minimum absolute atomic E-state index is 0.947. The summed E-state index contributed by atoms with van der Waals surface area (Å²) in [4.78, 5) is 5.36. The maximum Gasteiger partial charge on any atom is 0.0136 e. The van der Waals surface area contributed by atoms with Crippen LogP contribution in [0.2, 0.25) is 0 Å². The van der Waals surface area contributed by atoms with Gasteiger partial charge in [0.2, 0.25) is 0 Å². The monoisotopic (exact) mass is 194 g/mol. The lowest BCUT2D eigenvalue weighted by Crippen LogP contribution is -2.58. The van der Waals surface area contributed by atoms with Crippen LogP contribution in [0.5, 0.6) is 0 Å². The minimum atomic E-state index is 0.947. The van der Waals surface area contributed by atoms with Crippen LogP contribution in [0.4, 0.5) is 0 Å². The van der Waals surface area contributed by atoms with Gasteiger partial charge in [-0.1, -0.05) is 6.42 Å². The molecule has 3 fully saturated rings. The topological polar surface area (TPSA) is 6.48 Å². The van der Waals surface area contributed by atoms with Gasteiger partial charge in [0.15, 0.2) is 0 Å². The van der Waals surface area contributed by atoms with Gasteiger partial charge < -0.3 is 4.90 Å². The number of piperidine rings is 3. The van der Waals surface area contributed by atoms with E-state index < -0.39 is 0 Å². The Balaban J connectivity index is 1.76. The Labute approximate surface area is 87.3 Å². The number of likely N-dealkylation sites (tertiary alicyclic amines) is 1. The number of hydrogen-bond donors (Lipinski definition) is 0. The van der Waals surface area contributed by atoms with E-state index >= 15 is 0 Å². The third kappa shape index (κ3) is 1.49. The highest BCUT2D eigenvalue weighted by atomic mass is 15.2. The van der Waals surface area contributed by atoms with Crippen LogP contribution in [0.3, 0.4) is 0 Å². The lowest BCUT2D eigenvalue weighted by Gasteiger charge is -2.52. The summed E-state index contributed by atoms with van der Waals surface area (Å²) in [5, 5.41) is 0. The fourth-order valence-electron chi connectivity index (χ4n) is 4.01. The summed E-state index contributed by atoms with van der Waals surface area (Å²) >= 11 is 0. The molecule has 0 amide bonds. The number of hydrogen-bond acceptors (Lipinski definition) is 2. The van der Waals surface area contributed by atoms with Crippen molar-refractivity contribution in [1.82, 2.24) is 9.80 Å². The molecule has 0 N–H and O–H groups in total. The van der Waals surface area contributed by atoms with Crippen LogP contribution in [-0.4, -0.2) is 49.1 Å². The Bertz CT molecular complexity index is 214. The van der Waals surface area contributed by atoms with E-state index in [9.17, 15) is 0 Å². The van der Waals surface area contributed by atoms with Gasteiger partial charge in [0.05, 0.1) is 0 Å². The van der Waals surface area contributed by atoms with E-state index in [2.05, 4.69) is 16.8 Å². The molecule has 0 saturated carbocycles. The zero-order valence-corrected chi connectivity index (χ0v) is 9.28. The molecule has 0 spiro atoms. The van der Waals surface area contributed by atoms with Crippen molar-refractivity contribution in [3.8, 4) is 0 Å². The average Bonchev–Trinajstić information content (AvgIpc) is 2.17. The number of nitrogens with zero attached hydrogens (tertiary/aromatic N) is 2. The molecule has 3 atom stereocenters. The molecule has 3 rings (SSSR count). The summed E-state index contributed by atoms with van der Waals surface area (Å²) in [5.74, 6) is 1.97. The van der Waals surface area contributed by atoms with Gasteiger partial charge in [0.1, 0.15) is 0 Å². The summed E-state index contributed by atoms with van der Waals surface area (Å²) in [5.41, 5.74) is 0. The van der Waals surface area contributed by atoms with Crippen LogP contribution in [-0.2, 0) is 0 Å². The zero-order valence-electron chi connectivity index (χ0n) is 9.28. The van der Waals surface area contributed by atoms with Crippen molar-refractivity contribution in [2.75, 3.05) is 33.2 Å². The van der Waals surface area contributed by atoms with Gasteiger partial charge in [0, 0.05) is 25.7 Å². The quantitative estimate of drug-likeness (QED) is 0.575. The largest absolute Gasteiger partial charge is 0.306 e. The third-order valence-electron chi connectivity index (χ3n) is 4.45. The third-order valence-corrected chi connectivity index (χ3v) is 4.45. The molecule has 0 aliphatic carbocycles. The van der Waals surface area contributed by atoms with E-state index in [0.717, 1.165) is 17.9 Å². The Morgan fingerprint density at radius 3 is 2.93 bits per heavy atom. The van der Waals surface area contributed by atoms with Crippen LogP contribution in [0.1, 0.15) is 25.7 Å². The first kappa shape index (κ1) is 9.17. The predicted molar refractivity (Wildman–Crippen MR) is 58.3 cm³/mol. The van der Waals surface area contributed by atoms with Gasteiger partial charge in [-0.15, -0.1) is 0 Å². The molecule has 2 heteroatoms. The molecule has 80 valence electrons. The second kappa shape index (κ2) is 3.49. The number of fused-ring (bicyclic) bond motifs is 4. The first-order chi connectivity index (χ1) is 6.83. The Morgan fingerprint density at radius 1 is 1.07 bits per heavy atom. The van der Waals surface area contributed by atoms with Crippen molar-refractivity contribution < 1.29 is 0 Å². The minimum Gasteiger partial charge on any atom is -0.306 e. The highest BCUT2D eigenvalue weighted by molar-refractivity contribution is 4.94. The fourth-order valence-corrected chi connectivity index (χ4v) is 4.01. The van der Waals surface area contributed by atoms with Crippen LogP contribution >= 0.6 is 0 Å². The van der Waals surface area contributed by atoms with Gasteiger partial charge in [0.25, 0.3) is 0 Å². The standard InChI is InChI=1S/C12H22N2/c1-13-7-10-6-11(9-13)12-4-2-3-5-14(12)8-10/h10-12H,2-9H2,1H3/t10-,11-,12-/m0/s1. The molecular weight excluding hydrogens is 172 g/mol. The lowest BCUT2D eigenvalue weighted by molar-refractivity contribution is -0.0231. The smallest absolute Gasteiger partial charge is 0.0136 e. The second-order valence-electron chi connectivity index (χ2n) is 5.64. The molecule has 0 aromatic carbocycles. The molecule has 3 aliphatic heterocycles. The van der Waals surface area contributed by atoms with E-state index in [4.69, 9.17) is 0 Å². The Hall–Kier alpha value is -0.0800. The fraction of sp³-hybridized carbons (Fsp3) is 1.00. The summed E-state index contributed by atoms with van der Waals surface area (Å²) in [7, 11) is 2.30. The van der Waals surface area contributed by atoms with Crippen LogP contribution in [0.15, 0.2) is 0 Å². The van der Waals surface area contributed by atoms with E-state index in [1.807, 2.05) is 0 Å². The maximum atomic E-state index is 2.80. The van der Waals surface area contributed by atoms with Crippen molar-refractivity contribution >= 4 is 0 Å². The first-order valence-corrected chi connectivity index (χ1v) is 6.25. The predicted octanol–water partition coefficient (Wildman–Crippen LogP) is 1.42. The highest BCUT2D eigenvalue weighted by Crippen LogP contribution is 2.36.